The third kappa shape index (κ3) is 3.52. The summed E-state index contributed by atoms with van der Waals surface area (Å²) in [7, 11) is 0. The predicted octanol–water partition coefficient (Wildman–Crippen LogP) is 2.51. The zero-order valence-corrected chi connectivity index (χ0v) is 12.7. The number of Topliss-reactive ketones (excluding diaryl/α,β-unsaturated/α-hetero) is 1. The van der Waals surface area contributed by atoms with Gasteiger partial charge in [-0.2, -0.15) is 0 Å². The molecule has 0 heterocycles. The number of hydrogen-bond donors (Lipinski definition) is 3. The molecule has 0 spiro atoms. The average Bonchev–Trinajstić information content (AvgIpc) is 3.24. The lowest BCUT2D eigenvalue weighted by molar-refractivity contribution is -0.132. The summed E-state index contributed by atoms with van der Waals surface area (Å²) in [5.41, 5.74) is 0.574. The summed E-state index contributed by atoms with van der Waals surface area (Å²) < 4.78 is 0. The van der Waals surface area contributed by atoms with Gasteiger partial charge >= 0.3 is 5.97 Å². The Morgan fingerprint density at radius 3 is 2.19 bits per heavy atom. The van der Waals surface area contributed by atoms with E-state index in [4.69, 9.17) is 5.41 Å². The van der Waals surface area contributed by atoms with Gasteiger partial charge in [-0.05, 0) is 51.4 Å². The number of carbonyl (C=O) groups is 2. The van der Waals surface area contributed by atoms with Crippen LogP contribution in [0.4, 0.5) is 0 Å². The van der Waals surface area contributed by atoms with E-state index in [9.17, 15) is 14.7 Å². The Labute approximate surface area is 125 Å². The van der Waals surface area contributed by atoms with E-state index in [0.29, 0.717) is 5.70 Å². The topological polar surface area (TPSA) is 90.3 Å². The molecule has 0 saturated heterocycles. The van der Waals surface area contributed by atoms with E-state index in [2.05, 4.69) is 5.32 Å². The molecule has 0 bridgehead atoms. The van der Waals surface area contributed by atoms with Crippen LogP contribution in [0.25, 0.3) is 0 Å². The second kappa shape index (κ2) is 6.00. The van der Waals surface area contributed by atoms with Crippen LogP contribution in [0, 0.1) is 16.7 Å². The van der Waals surface area contributed by atoms with E-state index < -0.39 is 5.97 Å². The van der Waals surface area contributed by atoms with Gasteiger partial charge in [0, 0.05) is 23.4 Å². The van der Waals surface area contributed by atoms with Gasteiger partial charge in [0.25, 0.3) is 0 Å². The van der Waals surface area contributed by atoms with Crippen molar-refractivity contribution in [3.05, 3.63) is 11.3 Å². The summed E-state index contributed by atoms with van der Waals surface area (Å²) in [4.78, 5) is 22.9. The highest BCUT2D eigenvalue weighted by atomic mass is 16.4. The van der Waals surface area contributed by atoms with Crippen LogP contribution < -0.4 is 5.32 Å². The minimum absolute atomic E-state index is 0.0809. The Kier molecular flexibility index (Phi) is 4.49. The van der Waals surface area contributed by atoms with E-state index in [-0.39, 0.29) is 28.7 Å². The third-order valence-electron chi connectivity index (χ3n) is 4.95. The molecule has 2 saturated carbocycles. The SMILES string of the molecule is CC(=O)[C@]1(C)CC[C@@H](N/C(=C(\C=N)C(=O)O)C2CC2)CC1. The van der Waals surface area contributed by atoms with Crippen molar-refractivity contribution in [2.75, 3.05) is 0 Å². The van der Waals surface area contributed by atoms with Crippen molar-refractivity contribution in [2.24, 2.45) is 11.3 Å². The van der Waals surface area contributed by atoms with Gasteiger partial charge in [0.05, 0.1) is 5.57 Å². The lowest BCUT2D eigenvalue weighted by Crippen LogP contribution is -2.40. The van der Waals surface area contributed by atoms with Crippen LogP contribution in [0.2, 0.25) is 0 Å². The largest absolute Gasteiger partial charge is 0.478 e. The summed E-state index contributed by atoms with van der Waals surface area (Å²) in [5, 5.41) is 19.9. The average molecular weight is 292 g/mol. The van der Waals surface area contributed by atoms with E-state index in [1.807, 2.05) is 6.92 Å². The van der Waals surface area contributed by atoms with Crippen LogP contribution in [-0.4, -0.2) is 29.1 Å². The number of carbonyl (C=O) groups excluding carboxylic acids is 1. The van der Waals surface area contributed by atoms with E-state index >= 15 is 0 Å². The van der Waals surface area contributed by atoms with Gasteiger partial charge < -0.3 is 15.8 Å². The smallest absolute Gasteiger partial charge is 0.339 e. The molecule has 0 radical (unpaired) electrons. The van der Waals surface area contributed by atoms with E-state index in [1.54, 1.807) is 6.92 Å². The standard InChI is InChI=1S/C16H24N2O3/c1-10(19)16(2)7-5-12(6-8-16)18-14(11-3-4-11)13(9-17)15(20)21/h9,11-12,17-18H,3-8H2,1-2H3,(H,20,21)/b14-13+,17-9?/t12-,16-. The molecule has 3 N–H and O–H groups in total. The molecule has 21 heavy (non-hydrogen) atoms. The Balaban J connectivity index is 2.05. The van der Waals surface area contributed by atoms with Gasteiger partial charge in [0.2, 0.25) is 0 Å². The zero-order chi connectivity index (χ0) is 15.6. The molecule has 0 aromatic rings. The Hall–Kier alpha value is -1.65. The van der Waals surface area contributed by atoms with Crippen LogP contribution >= 0.6 is 0 Å². The van der Waals surface area contributed by atoms with Crippen LogP contribution in [-0.2, 0) is 9.59 Å². The number of aliphatic carboxylic acids is 1. The number of hydrogen-bond acceptors (Lipinski definition) is 4. The summed E-state index contributed by atoms with van der Waals surface area (Å²) in [5.74, 6) is -0.535. The molecule has 0 unspecified atom stereocenters. The Bertz CT molecular complexity index is 484. The monoisotopic (exact) mass is 292 g/mol. The number of ketones is 1. The fraction of sp³-hybridized carbons (Fsp3) is 0.688. The first-order chi connectivity index (χ1) is 9.87. The first kappa shape index (κ1) is 15.7. The quantitative estimate of drug-likeness (QED) is 0.518. The number of carboxylic acid groups (broad SMARTS) is 1. The zero-order valence-electron chi connectivity index (χ0n) is 12.7. The highest BCUT2D eigenvalue weighted by Gasteiger charge is 2.37. The number of carboxylic acids is 1. The molecule has 0 atom stereocenters. The normalized spacial score (nSPS) is 30.3. The van der Waals surface area contributed by atoms with E-state index in [0.717, 1.165) is 44.7 Å². The van der Waals surface area contributed by atoms with Crippen molar-refractivity contribution in [2.45, 2.75) is 58.4 Å². The molecule has 0 aliphatic heterocycles. The molecular weight excluding hydrogens is 268 g/mol. The second-order valence-corrected chi connectivity index (χ2v) is 6.59. The van der Waals surface area contributed by atoms with Crippen molar-refractivity contribution >= 4 is 18.0 Å². The van der Waals surface area contributed by atoms with Gasteiger partial charge in [0.15, 0.2) is 0 Å². The van der Waals surface area contributed by atoms with Crippen molar-refractivity contribution < 1.29 is 14.7 Å². The summed E-state index contributed by atoms with van der Waals surface area (Å²) in [6, 6.07) is 0.210. The minimum atomic E-state index is -1.04. The minimum Gasteiger partial charge on any atom is -0.478 e. The van der Waals surface area contributed by atoms with Crippen molar-refractivity contribution in [3.8, 4) is 0 Å². The number of rotatable bonds is 6. The molecule has 2 aliphatic carbocycles. The molecule has 2 fully saturated rings. The number of nitrogens with one attached hydrogen (secondary N) is 2. The summed E-state index contributed by atoms with van der Waals surface area (Å²) >= 11 is 0. The van der Waals surface area contributed by atoms with Gasteiger partial charge in [-0.3, -0.25) is 4.79 Å². The second-order valence-electron chi connectivity index (χ2n) is 6.59. The van der Waals surface area contributed by atoms with Crippen LogP contribution in [0.1, 0.15) is 52.4 Å². The summed E-state index contributed by atoms with van der Waals surface area (Å²) in [6.07, 6.45) is 6.34. The van der Waals surface area contributed by atoms with Gasteiger partial charge in [-0.25, -0.2) is 4.79 Å². The molecule has 0 aromatic heterocycles. The summed E-state index contributed by atoms with van der Waals surface area (Å²) in [6.45, 7) is 3.67. The van der Waals surface area contributed by atoms with Crippen LogP contribution in [0.3, 0.4) is 0 Å². The molecule has 2 rings (SSSR count). The molecule has 5 heteroatoms. The maximum atomic E-state index is 11.7. The van der Waals surface area contributed by atoms with Gasteiger partial charge in [0.1, 0.15) is 5.78 Å². The maximum Gasteiger partial charge on any atom is 0.339 e. The third-order valence-corrected chi connectivity index (χ3v) is 4.95. The fourth-order valence-corrected chi connectivity index (χ4v) is 3.01. The highest BCUT2D eigenvalue weighted by molar-refractivity contribution is 6.08. The molecule has 0 aromatic carbocycles. The van der Waals surface area contributed by atoms with Gasteiger partial charge in [-0.15, -0.1) is 0 Å². The predicted molar refractivity (Wildman–Crippen MR) is 80.3 cm³/mol. The molecule has 2 aliphatic rings. The van der Waals surface area contributed by atoms with Crippen molar-refractivity contribution in [1.29, 1.82) is 5.41 Å². The van der Waals surface area contributed by atoms with Gasteiger partial charge in [-0.1, -0.05) is 6.92 Å². The highest BCUT2D eigenvalue weighted by Crippen LogP contribution is 2.40. The maximum absolute atomic E-state index is 11.7. The Morgan fingerprint density at radius 1 is 1.24 bits per heavy atom. The van der Waals surface area contributed by atoms with Crippen molar-refractivity contribution in [3.63, 3.8) is 0 Å². The lowest BCUT2D eigenvalue weighted by Gasteiger charge is -2.36. The molecule has 0 amide bonds. The van der Waals surface area contributed by atoms with Crippen LogP contribution in [0.15, 0.2) is 11.3 Å². The van der Waals surface area contributed by atoms with Crippen molar-refractivity contribution in [1.82, 2.24) is 5.32 Å². The fourth-order valence-electron chi connectivity index (χ4n) is 3.01. The van der Waals surface area contributed by atoms with E-state index in [1.165, 1.54) is 0 Å². The molecule has 5 nitrogen and oxygen atoms in total. The first-order valence-electron chi connectivity index (χ1n) is 7.63. The molecule has 116 valence electrons. The molecular formula is C16H24N2O3. The van der Waals surface area contributed by atoms with Crippen LogP contribution in [0.5, 0.6) is 0 Å². The number of allylic oxidation sites excluding steroid dienone is 1. The first-order valence-corrected chi connectivity index (χ1v) is 7.63. The lowest BCUT2D eigenvalue weighted by atomic mass is 9.71. The Morgan fingerprint density at radius 2 is 1.81 bits per heavy atom.